The van der Waals surface area contributed by atoms with Gasteiger partial charge < -0.3 is 14.2 Å². The van der Waals surface area contributed by atoms with E-state index in [-0.39, 0.29) is 31.1 Å². The second-order valence-corrected chi connectivity index (χ2v) is 21.3. The van der Waals surface area contributed by atoms with Gasteiger partial charge in [-0.3, -0.25) is 14.4 Å². The van der Waals surface area contributed by atoms with Gasteiger partial charge in [-0.15, -0.1) is 0 Å². The molecule has 0 aromatic heterocycles. The van der Waals surface area contributed by atoms with Crippen LogP contribution in [0.3, 0.4) is 0 Å². The van der Waals surface area contributed by atoms with Crippen LogP contribution in [-0.2, 0) is 28.6 Å². The van der Waals surface area contributed by atoms with E-state index in [0.29, 0.717) is 19.3 Å². The number of unbranched alkanes of at least 4 members (excludes halogenated alkanes) is 45. The van der Waals surface area contributed by atoms with Gasteiger partial charge in [0.2, 0.25) is 0 Å². The Bertz CT molecular complexity index is 1070. The summed E-state index contributed by atoms with van der Waals surface area (Å²) in [5.41, 5.74) is 0. The standard InChI is InChI=1S/C63H120O6/c1-4-7-10-13-16-18-20-22-24-26-28-29-30-31-32-33-34-35-36-38-39-41-43-45-47-50-53-56-62(65)68-59-60(58-67-61(64)55-52-49-15-12-9-6-3)69-63(66)57-54-51-48-46-44-42-40-37-27-25-23-21-19-17-14-11-8-5-2/h25,27,60H,4-24,26,28-59H2,1-3H3/b27-25-. The van der Waals surface area contributed by atoms with Crippen LogP contribution in [0.15, 0.2) is 12.2 Å². The highest BCUT2D eigenvalue weighted by atomic mass is 16.6. The van der Waals surface area contributed by atoms with Gasteiger partial charge in [0.15, 0.2) is 6.10 Å². The van der Waals surface area contributed by atoms with Gasteiger partial charge in [0, 0.05) is 19.3 Å². The first-order valence-electron chi connectivity index (χ1n) is 31.2. The summed E-state index contributed by atoms with van der Waals surface area (Å²) in [6.07, 6.45) is 68.3. The van der Waals surface area contributed by atoms with E-state index in [2.05, 4.69) is 32.9 Å². The number of hydrogen-bond donors (Lipinski definition) is 0. The molecule has 0 N–H and O–H groups in total. The predicted octanol–water partition coefficient (Wildman–Crippen LogP) is 20.9. The first-order valence-corrected chi connectivity index (χ1v) is 31.2. The van der Waals surface area contributed by atoms with Crippen LogP contribution in [-0.4, -0.2) is 37.2 Å². The lowest BCUT2D eigenvalue weighted by Crippen LogP contribution is -2.30. The van der Waals surface area contributed by atoms with Gasteiger partial charge in [-0.1, -0.05) is 303 Å². The van der Waals surface area contributed by atoms with Crippen molar-refractivity contribution in [1.82, 2.24) is 0 Å². The SMILES string of the molecule is CCCCCCCCC/C=C\CCCCCCCCCC(=O)OC(COC(=O)CCCCCCCC)COC(=O)CCCCCCCCCCCCCCCCCCCCCCCCCCCCC. The average molecular weight is 974 g/mol. The highest BCUT2D eigenvalue weighted by Gasteiger charge is 2.19. The molecule has 6 nitrogen and oxygen atoms in total. The Kier molecular flexibility index (Phi) is 57.1. The summed E-state index contributed by atoms with van der Waals surface area (Å²) >= 11 is 0. The Morgan fingerprint density at radius 3 is 0.725 bits per heavy atom. The summed E-state index contributed by atoms with van der Waals surface area (Å²) < 4.78 is 16.8. The summed E-state index contributed by atoms with van der Waals surface area (Å²) in [4.78, 5) is 37.9. The molecule has 0 rings (SSSR count). The molecule has 6 heteroatoms. The van der Waals surface area contributed by atoms with Gasteiger partial charge in [0.05, 0.1) is 0 Å². The molecule has 0 radical (unpaired) electrons. The molecule has 1 unspecified atom stereocenters. The minimum absolute atomic E-state index is 0.0668. The second-order valence-electron chi connectivity index (χ2n) is 21.3. The van der Waals surface area contributed by atoms with Crippen molar-refractivity contribution in [3.05, 3.63) is 12.2 Å². The van der Waals surface area contributed by atoms with E-state index in [9.17, 15) is 14.4 Å². The first kappa shape index (κ1) is 67.1. The molecule has 0 aliphatic carbocycles. The molecular weight excluding hydrogens is 853 g/mol. The maximum Gasteiger partial charge on any atom is 0.306 e. The van der Waals surface area contributed by atoms with E-state index < -0.39 is 6.10 Å². The zero-order valence-corrected chi connectivity index (χ0v) is 46.9. The van der Waals surface area contributed by atoms with Crippen LogP contribution in [0.25, 0.3) is 0 Å². The summed E-state index contributed by atoms with van der Waals surface area (Å²) in [5, 5.41) is 0. The monoisotopic (exact) mass is 973 g/mol. The van der Waals surface area contributed by atoms with E-state index in [1.165, 1.54) is 257 Å². The maximum atomic E-state index is 12.8. The first-order chi connectivity index (χ1) is 34.0. The van der Waals surface area contributed by atoms with Gasteiger partial charge in [-0.25, -0.2) is 0 Å². The third-order valence-electron chi connectivity index (χ3n) is 14.3. The van der Waals surface area contributed by atoms with Gasteiger partial charge in [0.1, 0.15) is 13.2 Å². The molecule has 0 heterocycles. The molecule has 69 heavy (non-hydrogen) atoms. The van der Waals surface area contributed by atoms with Crippen molar-refractivity contribution in [2.75, 3.05) is 13.2 Å². The molecule has 1 atom stereocenters. The lowest BCUT2D eigenvalue weighted by atomic mass is 10.0. The van der Waals surface area contributed by atoms with Gasteiger partial charge in [0.25, 0.3) is 0 Å². The van der Waals surface area contributed by atoms with Crippen LogP contribution in [0.2, 0.25) is 0 Å². The smallest absolute Gasteiger partial charge is 0.306 e. The minimum atomic E-state index is -0.765. The zero-order chi connectivity index (χ0) is 50.0. The van der Waals surface area contributed by atoms with Gasteiger partial charge in [-0.2, -0.15) is 0 Å². The molecule has 0 spiro atoms. The molecule has 0 aromatic carbocycles. The summed E-state index contributed by atoms with van der Waals surface area (Å²) in [7, 11) is 0. The van der Waals surface area contributed by atoms with Crippen molar-refractivity contribution < 1.29 is 28.6 Å². The highest BCUT2D eigenvalue weighted by Crippen LogP contribution is 2.18. The largest absolute Gasteiger partial charge is 0.462 e. The zero-order valence-electron chi connectivity index (χ0n) is 46.9. The van der Waals surface area contributed by atoms with Crippen molar-refractivity contribution >= 4 is 17.9 Å². The van der Waals surface area contributed by atoms with Crippen LogP contribution in [0.4, 0.5) is 0 Å². The van der Waals surface area contributed by atoms with E-state index >= 15 is 0 Å². The van der Waals surface area contributed by atoms with Crippen molar-refractivity contribution in [1.29, 1.82) is 0 Å². The quantitative estimate of drug-likeness (QED) is 0.0261. The summed E-state index contributed by atoms with van der Waals surface area (Å²) in [6, 6.07) is 0. The highest BCUT2D eigenvalue weighted by molar-refractivity contribution is 5.71. The Morgan fingerprint density at radius 2 is 0.478 bits per heavy atom. The predicted molar refractivity (Wildman–Crippen MR) is 298 cm³/mol. The van der Waals surface area contributed by atoms with Gasteiger partial charge in [-0.05, 0) is 44.9 Å². The molecule has 0 saturated carbocycles. The van der Waals surface area contributed by atoms with Crippen molar-refractivity contribution in [3.8, 4) is 0 Å². The lowest BCUT2D eigenvalue weighted by Gasteiger charge is -2.18. The van der Waals surface area contributed by atoms with Crippen LogP contribution in [0.1, 0.15) is 355 Å². The Hall–Kier alpha value is -1.85. The van der Waals surface area contributed by atoms with Crippen LogP contribution in [0.5, 0.6) is 0 Å². The number of carbonyl (C=O) groups excluding carboxylic acids is 3. The molecule has 0 fully saturated rings. The molecule has 0 saturated heterocycles. The Morgan fingerprint density at radius 1 is 0.275 bits per heavy atom. The van der Waals surface area contributed by atoms with Crippen LogP contribution in [0, 0.1) is 0 Å². The number of hydrogen-bond acceptors (Lipinski definition) is 6. The fourth-order valence-corrected chi connectivity index (χ4v) is 9.56. The van der Waals surface area contributed by atoms with Crippen LogP contribution < -0.4 is 0 Å². The Labute approximate surface area is 431 Å². The molecule has 408 valence electrons. The third-order valence-corrected chi connectivity index (χ3v) is 14.3. The van der Waals surface area contributed by atoms with E-state index in [4.69, 9.17) is 14.2 Å². The number of ether oxygens (including phenoxy) is 3. The summed E-state index contributed by atoms with van der Waals surface area (Å²) in [5.74, 6) is -0.858. The third kappa shape index (κ3) is 56.9. The Balaban J connectivity index is 4.00. The van der Waals surface area contributed by atoms with E-state index in [1.54, 1.807) is 0 Å². The molecule has 0 bridgehead atoms. The molecule has 0 aliphatic rings. The molecule has 0 aromatic rings. The fourth-order valence-electron chi connectivity index (χ4n) is 9.56. The maximum absolute atomic E-state index is 12.8. The summed E-state index contributed by atoms with van der Waals surface area (Å²) in [6.45, 7) is 6.64. The number of carbonyl (C=O) groups is 3. The normalized spacial score (nSPS) is 12.0. The van der Waals surface area contributed by atoms with Crippen molar-refractivity contribution in [2.45, 2.75) is 361 Å². The van der Waals surface area contributed by atoms with E-state index in [0.717, 1.165) is 57.8 Å². The van der Waals surface area contributed by atoms with Gasteiger partial charge >= 0.3 is 17.9 Å². The molecule has 0 aliphatic heterocycles. The van der Waals surface area contributed by atoms with E-state index in [1.807, 2.05) is 0 Å². The number of esters is 3. The fraction of sp³-hybridized carbons (Fsp3) is 0.921. The van der Waals surface area contributed by atoms with Crippen molar-refractivity contribution in [2.24, 2.45) is 0 Å². The van der Waals surface area contributed by atoms with Crippen molar-refractivity contribution in [3.63, 3.8) is 0 Å². The molecule has 0 amide bonds. The second kappa shape index (κ2) is 58.7. The minimum Gasteiger partial charge on any atom is -0.462 e. The number of allylic oxidation sites excluding steroid dienone is 2. The topological polar surface area (TPSA) is 78.9 Å². The molecular formula is C63H120O6. The van der Waals surface area contributed by atoms with Crippen LogP contribution >= 0.6 is 0 Å². The lowest BCUT2D eigenvalue weighted by molar-refractivity contribution is -0.167. The number of rotatable bonds is 58. The average Bonchev–Trinajstić information content (AvgIpc) is 3.35.